The first-order valence-electron chi connectivity index (χ1n) is 30.3. The Kier molecular flexibility index (Phi) is 56.3. The first-order valence-corrected chi connectivity index (χ1v) is 30.3. The van der Waals surface area contributed by atoms with Crippen molar-refractivity contribution in [3.05, 3.63) is 60.8 Å². The minimum absolute atomic E-state index is 0.0769. The molecule has 0 aromatic carbocycles. The molecule has 0 aliphatic carbocycles. The maximum Gasteiger partial charge on any atom is 0.306 e. The fraction of sp³-hybridized carbons (Fsp3) is 0.797. The van der Waals surface area contributed by atoms with Crippen LogP contribution in [0.15, 0.2) is 60.8 Å². The Morgan fingerprint density at radius 3 is 0.886 bits per heavy atom. The molecule has 0 amide bonds. The maximum absolute atomic E-state index is 12.9. The quantitative estimate of drug-likeness (QED) is 0.0261. The minimum Gasteiger partial charge on any atom is -0.462 e. The van der Waals surface area contributed by atoms with Crippen LogP contribution in [-0.4, -0.2) is 37.2 Å². The van der Waals surface area contributed by atoms with Gasteiger partial charge in [0.15, 0.2) is 6.10 Å². The summed E-state index contributed by atoms with van der Waals surface area (Å²) in [6.45, 7) is 6.55. The van der Waals surface area contributed by atoms with Gasteiger partial charge in [-0.05, 0) is 83.5 Å². The number of carbonyl (C=O) groups is 3. The van der Waals surface area contributed by atoms with Crippen LogP contribution >= 0.6 is 0 Å². The Balaban J connectivity index is 4.36. The van der Waals surface area contributed by atoms with Gasteiger partial charge in [-0.2, -0.15) is 0 Å². The van der Waals surface area contributed by atoms with E-state index in [0.717, 1.165) is 96.3 Å². The molecule has 0 rings (SSSR count). The van der Waals surface area contributed by atoms with Crippen LogP contribution in [0.4, 0.5) is 0 Å². The summed E-state index contributed by atoms with van der Waals surface area (Å²) < 4.78 is 16.9. The molecule has 6 heteroatoms. The van der Waals surface area contributed by atoms with Gasteiger partial charge in [0.05, 0.1) is 0 Å². The molecule has 0 bridgehead atoms. The summed E-state index contributed by atoms with van der Waals surface area (Å²) in [5.41, 5.74) is 0. The highest BCUT2D eigenvalue weighted by molar-refractivity contribution is 5.71. The van der Waals surface area contributed by atoms with Crippen molar-refractivity contribution < 1.29 is 28.6 Å². The number of allylic oxidation sites excluding steroid dienone is 10. The third-order valence-corrected chi connectivity index (χ3v) is 13.3. The van der Waals surface area contributed by atoms with Gasteiger partial charge < -0.3 is 14.2 Å². The number of ether oxygens (including phenoxy) is 3. The summed E-state index contributed by atoms with van der Waals surface area (Å²) in [6, 6.07) is 0. The Morgan fingerprint density at radius 2 is 0.557 bits per heavy atom. The SMILES string of the molecule is CC/C=C\C/C=C\C/C=C\C/C=C\CCCCCCCCCCC(=O)OCC(COC(=O)CCCCCCCCCCCCCCCCC)OC(=O)CCCCCCC/C=C\CCCCCCCCC. The number of hydrogen-bond donors (Lipinski definition) is 0. The van der Waals surface area contributed by atoms with Gasteiger partial charge >= 0.3 is 17.9 Å². The number of rotatable bonds is 55. The molecular weight excluding hydrogens is 865 g/mol. The number of unbranched alkanes of at least 4 members (excludes halogenated alkanes) is 34. The summed E-state index contributed by atoms with van der Waals surface area (Å²) in [7, 11) is 0. The van der Waals surface area contributed by atoms with Gasteiger partial charge in [-0.15, -0.1) is 0 Å². The predicted octanol–water partition coefficient (Wildman–Crippen LogP) is 20.4. The predicted molar refractivity (Wildman–Crippen MR) is 302 cm³/mol. The van der Waals surface area contributed by atoms with Crippen LogP contribution in [0, 0.1) is 0 Å². The van der Waals surface area contributed by atoms with E-state index in [1.54, 1.807) is 0 Å². The van der Waals surface area contributed by atoms with E-state index in [4.69, 9.17) is 14.2 Å². The Morgan fingerprint density at radius 1 is 0.300 bits per heavy atom. The van der Waals surface area contributed by atoms with Crippen LogP contribution in [0.3, 0.4) is 0 Å². The van der Waals surface area contributed by atoms with Crippen LogP contribution < -0.4 is 0 Å². The van der Waals surface area contributed by atoms with E-state index in [0.29, 0.717) is 19.3 Å². The smallest absolute Gasteiger partial charge is 0.306 e. The van der Waals surface area contributed by atoms with E-state index in [2.05, 4.69) is 81.5 Å². The lowest BCUT2D eigenvalue weighted by Gasteiger charge is -2.18. The van der Waals surface area contributed by atoms with E-state index in [9.17, 15) is 14.4 Å². The summed E-state index contributed by atoms with van der Waals surface area (Å²) in [6.07, 6.45) is 73.5. The Bertz CT molecular complexity index is 1260. The summed E-state index contributed by atoms with van der Waals surface area (Å²) in [5, 5.41) is 0. The molecule has 0 spiro atoms. The summed E-state index contributed by atoms with van der Waals surface area (Å²) in [4.78, 5) is 38.2. The van der Waals surface area contributed by atoms with Crippen molar-refractivity contribution in [1.29, 1.82) is 0 Å². The second kappa shape index (κ2) is 58.7. The average molecular weight is 980 g/mol. The fourth-order valence-corrected chi connectivity index (χ4v) is 8.72. The lowest BCUT2D eigenvalue weighted by Crippen LogP contribution is -2.30. The molecule has 6 nitrogen and oxygen atoms in total. The zero-order chi connectivity index (χ0) is 50.7. The molecule has 0 heterocycles. The average Bonchev–Trinajstić information content (AvgIpc) is 3.36. The topological polar surface area (TPSA) is 78.9 Å². The van der Waals surface area contributed by atoms with Crippen molar-refractivity contribution in [2.24, 2.45) is 0 Å². The lowest BCUT2D eigenvalue weighted by molar-refractivity contribution is -0.167. The maximum atomic E-state index is 12.9. The van der Waals surface area contributed by atoms with E-state index in [1.807, 2.05) is 0 Å². The Hall–Kier alpha value is -2.89. The Labute approximate surface area is 434 Å². The molecule has 1 unspecified atom stereocenters. The van der Waals surface area contributed by atoms with E-state index < -0.39 is 6.10 Å². The van der Waals surface area contributed by atoms with Crippen molar-refractivity contribution in [2.45, 2.75) is 316 Å². The molecule has 0 saturated carbocycles. The molecule has 0 aromatic rings. The zero-order valence-corrected chi connectivity index (χ0v) is 46.5. The molecule has 70 heavy (non-hydrogen) atoms. The molecule has 1 atom stereocenters. The molecule has 0 aromatic heterocycles. The van der Waals surface area contributed by atoms with E-state index >= 15 is 0 Å². The van der Waals surface area contributed by atoms with Gasteiger partial charge in [0.25, 0.3) is 0 Å². The number of esters is 3. The summed E-state index contributed by atoms with van der Waals surface area (Å²) >= 11 is 0. The number of carbonyl (C=O) groups excluding carboxylic acids is 3. The molecule has 0 fully saturated rings. The lowest BCUT2D eigenvalue weighted by atomic mass is 10.0. The van der Waals surface area contributed by atoms with Crippen LogP contribution in [0.1, 0.15) is 310 Å². The standard InChI is InChI=1S/C64H114O6/c1-4-7-10-13-16-19-22-25-28-30-31-32-33-34-37-39-42-45-48-51-54-57-63(66)69-60-61(59-68-62(65)56-53-50-47-44-41-38-35-27-24-21-18-15-12-9-6-3)70-64(67)58-55-52-49-46-43-40-36-29-26-23-20-17-14-11-8-5-2/h7,10,16,19,25,28-29,31-32,36,61H,4-6,8-9,11-15,17-18,20-24,26-27,30,33-35,37-60H2,1-3H3/b10-7-,19-16-,28-25-,32-31-,36-29-. The van der Waals surface area contributed by atoms with Gasteiger partial charge in [-0.1, -0.05) is 268 Å². The van der Waals surface area contributed by atoms with Gasteiger partial charge in [-0.3, -0.25) is 14.4 Å². The minimum atomic E-state index is -0.780. The van der Waals surface area contributed by atoms with E-state index in [-0.39, 0.29) is 31.1 Å². The zero-order valence-electron chi connectivity index (χ0n) is 46.5. The highest BCUT2D eigenvalue weighted by Crippen LogP contribution is 2.16. The molecule has 0 radical (unpaired) electrons. The van der Waals surface area contributed by atoms with Crippen LogP contribution in [0.5, 0.6) is 0 Å². The fourth-order valence-electron chi connectivity index (χ4n) is 8.72. The second-order valence-corrected chi connectivity index (χ2v) is 20.2. The molecular formula is C64H114O6. The normalized spacial score (nSPS) is 12.4. The van der Waals surface area contributed by atoms with Gasteiger partial charge in [0, 0.05) is 19.3 Å². The van der Waals surface area contributed by atoms with Crippen molar-refractivity contribution in [3.8, 4) is 0 Å². The molecule has 0 aliphatic heterocycles. The van der Waals surface area contributed by atoms with Crippen LogP contribution in [-0.2, 0) is 28.6 Å². The second-order valence-electron chi connectivity index (χ2n) is 20.2. The third kappa shape index (κ3) is 56.0. The van der Waals surface area contributed by atoms with E-state index in [1.165, 1.54) is 173 Å². The van der Waals surface area contributed by atoms with Gasteiger partial charge in [0.1, 0.15) is 13.2 Å². The highest BCUT2D eigenvalue weighted by Gasteiger charge is 2.19. The van der Waals surface area contributed by atoms with Crippen molar-refractivity contribution in [3.63, 3.8) is 0 Å². The monoisotopic (exact) mass is 979 g/mol. The van der Waals surface area contributed by atoms with Crippen molar-refractivity contribution in [1.82, 2.24) is 0 Å². The molecule has 406 valence electrons. The first kappa shape index (κ1) is 67.1. The van der Waals surface area contributed by atoms with Crippen molar-refractivity contribution >= 4 is 17.9 Å². The van der Waals surface area contributed by atoms with Gasteiger partial charge in [0.2, 0.25) is 0 Å². The third-order valence-electron chi connectivity index (χ3n) is 13.3. The summed E-state index contributed by atoms with van der Waals surface area (Å²) in [5.74, 6) is -0.878. The highest BCUT2D eigenvalue weighted by atomic mass is 16.6. The first-order chi connectivity index (χ1) is 34.5. The molecule has 0 saturated heterocycles. The molecule has 0 N–H and O–H groups in total. The molecule has 0 aliphatic rings. The number of hydrogen-bond acceptors (Lipinski definition) is 6. The van der Waals surface area contributed by atoms with Gasteiger partial charge in [-0.25, -0.2) is 0 Å². The van der Waals surface area contributed by atoms with Crippen LogP contribution in [0.25, 0.3) is 0 Å². The van der Waals surface area contributed by atoms with Crippen molar-refractivity contribution in [2.75, 3.05) is 13.2 Å². The van der Waals surface area contributed by atoms with Crippen LogP contribution in [0.2, 0.25) is 0 Å². The largest absolute Gasteiger partial charge is 0.462 e.